The lowest BCUT2D eigenvalue weighted by Crippen LogP contribution is -2.25. The maximum Gasteiger partial charge on any atom is 0.251 e. The van der Waals surface area contributed by atoms with E-state index in [1.807, 2.05) is 44.2 Å². The molecule has 3 aromatic rings. The molecule has 29 heavy (non-hydrogen) atoms. The Morgan fingerprint density at radius 1 is 1.10 bits per heavy atom. The first kappa shape index (κ1) is 21.0. The molecule has 0 bridgehead atoms. The van der Waals surface area contributed by atoms with E-state index in [1.165, 1.54) is 6.07 Å². The fourth-order valence-corrected chi connectivity index (χ4v) is 3.43. The van der Waals surface area contributed by atoms with Crippen LogP contribution in [-0.2, 0) is 12.8 Å². The summed E-state index contributed by atoms with van der Waals surface area (Å²) < 4.78 is 14.1. The fourth-order valence-electron chi connectivity index (χ4n) is 3.27. The summed E-state index contributed by atoms with van der Waals surface area (Å²) in [6.07, 6.45) is 3.72. The van der Waals surface area contributed by atoms with E-state index in [0.29, 0.717) is 35.5 Å². The van der Waals surface area contributed by atoms with E-state index < -0.39 is 0 Å². The minimum Gasteiger partial charge on any atom is -0.352 e. The third-order valence-corrected chi connectivity index (χ3v) is 5.12. The van der Waals surface area contributed by atoms with E-state index >= 15 is 0 Å². The number of carbonyl (C=O) groups is 1. The Kier molecular flexibility index (Phi) is 6.99. The second-order valence-corrected chi connectivity index (χ2v) is 7.53. The van der Waals surface area contributed by atoms with Gasteiger partial charge >= 0.3 is 0 Å². The van der Waals surface area contributed by atoms with Crippen molar-refractivity contribution in [3.63, 3.8) is 0 Å². The van der Waals surface area contributed by atoms with E-state index in [9.17, 15) is 9.18 Å². The summed E-state index contributed by atoms with van der Waals surface area (Å²) in [7, 11) is 0. The number of pyridine rings is 1. The molecule has 0 saturated carbocycles. The molecule has 150 valence electrons. The van der Waals surface area contributed by atoms with Gasteiger partial charge in [0.15, 0.2) is 0 Å². The van der Waals surface area contributed by atoms with Crippen molar-refractivity contribution in [2.45, 2.75) is 33.1 Å². The van der Waals surface area contributed by atoms with Crippen molar-refractivity contribution < 1.29 is 9.18 Å². The smallest absolute Gasteiger partial charge is 0.251 e. The standard InChI is InChI=1S/C24H24ClFN2O/c1-3-10-28-24(29)22-6-4-5-18(16(22)2)14-21-13-17(9-11-27-21)12-19-7-8-20(25)15-23(19)26/h4-9,11,13,15H,3,10,12,14H2,1-2H3,(H,28,29). The first-order valence-corrected chi connectivity index (χ1v) is 10.1. The van der Waals surface area contributed by atoms with E-state index in [-0.39, 0.29) is 11.7 Å². The predicted molar refractivity (Wildman–Crippen MR) is 115 cm³/mol. The van der Waals surface area contributed by atoms with Crippen molar-refractivity contribution in [3.05, 3.63) is 99.1 Å². The average molecular weight is 411 g/mol. The average Bonchev–Trinajstić information content (AvgIpc) is 2.70. The minimum absolute atomic E-state index is 0.0499. The lowest BCUT2D eigenvalue weighted by Gasteiger charge is -2.12. The largest absolute Gasteiger partial charge is 0.352 e. The topological polar surface area (TPSA) is 42.0 Å². The molecule has 1 N–H and O–H groups in total. The van der Waals surface area contributed by atoms with E-state index in [0.717, 1.165) is 28.8 Å². The summed E-state index contributed by atoms with van der Waals surface area (Å²) >= 11 is 5.83. The first-order valence-electron chi connectivity index (χ1n) is 9.72. The van der Waals surface area contributed by atoms with Gasteiger partial charge in [-0.15, -0.1) is 0 Å². The van der Waals surface area contributed by atoms with Gasteiger partial charge < -0.3 is 5.32 Å². The molecule has 0 spiro atoms. The maximum atomic E-state index is 14.1. The molecule has 3 rings (SSSR count). The van der Waals surface area contributed by atoms with Crippen molar-refractivity contribution in [1.29, 1.82) is 0 Å². The Bertz CT molecular complexity index is 1020. The number of hydrogen-bond donors (Lipinski definition) is 1. The van der Waals surface area contributed by atoms with Gasteiger partial charge in [-0.2, -0.15) is 0 Å². The molecule has 0 atom stereocenters. The number of rotatable bonds is 7. The molecule has 0 unspecified atom stereocenters. The van der Waals surface area contributed by atoms with Gasteiger partial charge in [-0.25, -0.2) is 4.39 Å². The van der Waals surface area contributed by atoms with E-state index in [4.69, 9.17) is 11.6 Å². The van der Waals surface area contributed by atoms with Crippen LogP contribution < -0.4 is 5.32 Å². The van der Waals surface area contributed by atoms with Gasteiger partial charge in [0.25, 0.3) is 5.91 Å². The second-order valence-electron chi connectivity index (χ2n) is 7.09. The van der Waals surface area contributed by atoms with Crippen molar-refractivity contribution in [3.8, 4) is 0 Å². The van der Waals surface area contributed by atoms with Gasteiger partial charge in [-0.3, -0.25) is 9.78 Å². The molecule has 1 aromatic heterocycles. The molecular formula is C24H24ClFN2O. The van der Waals surface area contributed by atoms with Crippen molar-refractivity contribution in [2.24, 2.45) is 0 Å². The zero-order valence-electron chi connectivity index (χ0n) is 16.6. The number of carbonyl (C=O) groups excluding carboxylic acids is 1. The molecule has 0 radical (unpaired) electrons. The number of amides is 1. The molecule has 5 heteroatoms. The van der Waals surface area contributed by atoms with Gasteiger partial charge in [0, 0.05) is 41.9 Å². The first-order chi connectivity index (χ1) is 14.0. The van der Waals surface area contributed by atoms with Crippen LogP contribution >= 0.6 is 11.6 Å². The third kappa shape index (κ3) is 5.42. The molecule has 0 aliphatic heterocycles. The van der Waals surface area contributed by atoms with Crippen molar-refractivity contribution in [1.82, 2.24) is 10.3 Å². The van der Waals surface area contributed by atoms with E-state index in [1.54, 1.807) is 18.3 Å². The number of halogens is 2. The zero-order valence-corrected chi connectivity index (χ0v) is 17.4. The van der Waals surface area contributed by atoms with Crippen LogP contribution in [0.1, 0.15) is 51.7 Å². The highest BCUT2D eigenvalue weighted by atomic mass is 35.5. The molecule has 1 amide bonds. The van der Waals surface area contributed by atoms with Crippen LogP contribution in [-0.4, -0.2) is 17.4 Å². The molecular weight excluding hydrogens is 387 g/mol. The van der Waals surface area contributed by atoms with Crippen LogP contribution in [0.5, 0.6) is 0 Å². The Hall–Kier alpha value is -2.72. The van der Waals surface area contributed by atoms with Gasteiger partial charge in [-0.05, 0) is 65.9 Å². The zero-order chi connectivity index (χ0) is 20.8. The van der Waals surface area contributed by atoms with Crippen molar-refractivity contribution >= 4 is 17.5 Å². The number of aromatic nitrogens is 1. The summed E-state index contributed by atoms with van der Waals surface area (Å²) in [6, 6.07) is 14.4. The minimum atomic E-state index is -0.308. The highest BCUT2D eigenvalue weighted by Crippen LogP contribution is 2.20. The normalized spacial score (nSPS) is 10.8. The fraction of sp³-hybridized carbons (Fsp3) is 0.250. The molecule has 1 heterocycles. The molecule has 0 saturated heterocycles. The lowest BCUT2D eigenvalue weighted by atomic mass is 9.97. The molecule has 0 aliphatic carbocycles. The number of hydrogen-bond acceptors (Lipinski definition) is 2. The van der Waals surface area contributed by atoms with E-state index in [2.05, 4.69) is 10.3 Å². The van der Waals surface area contributed by atoms with Gasteiger partial charge in [-0.1, -0.05) is 36.7 Å². The Morgan fingerprint density at radius 3 is 2.69 bits per heavy atom. The Morgan fingerprint density at radius 2 is 1.93 bits per heavy atom. The Labute approximate surface area is 176 Å². The highest BCUT2D eigenvalue weighted by molar-refractivity contribution is 6.30. The lowest BCUT2D eigenvalue weighted by molar-refractivity contribution is 0.0953. The molecule has 2 aromatic carbocycles. The molecule has 0 aliphatic rings. The molecule has 0 fully saturated rings. The van der Waals surface area contributed by atoms with Gasteiger partial charge in [0.1, 0.15) is 5.82 Å². The maximum absolute atomic E-state index is 14.1. The van der Waals surface area contributed by atoms with Crippen LogP contribution in [0.4, 0.5) is 4.39 Å². The van der Waals surface area contributed by atoms with Crippen LogP contribution in [0.15, 0.2) is 54.7 Å². The second kappa shape index (κ2) is 9.66. The Balaban J connectivity index is 1.79. The summed E-state index contributed by atoms with van der Waals surface area (Å²) in [5.74, 6) is -0.358. The quantitative estimate of drug-likeness (QED) is 0.558. The third-order valence-electron chi connectivity index (χ3n) is 4.89. The van der Waals surface area contributed by atoms with Crippen LogP contribution in [0, 0.1) is 12.7 Å². The van der Waals surface area contributed by atoms with Gasteiger partial charge in [0.2, 0.25) is 0 Å². The van der Waals surface area contributed by atoms with Gasteiger partial charge in [0.05, 0.1) is 0 Å². The summed E-state index contributed by atoms with van der Waals surface area (Å²) in [4.78, 5) is 16.8. The van der Waals surface area contributed by atoms with Crippen LogP contribution in [0.25, 0.3) is 0 Å². The highest BCUT2D eigenvalue weighted by Gasteiger charge is 2.12. The summed E-state index contributed by atoms with van der Waals surface area (Å²) in [5, 5.41) is 3.32. The van der Waals surface area contributed by atoms with Crippen molar-refractivity contribution in [2.75, 3.05) is 6.54 Å². The monoisotopic (exact) mass is 410 g/mol. The summed E-state index contributed by atoms with van der Waals surface area (Å²) in [6.45, 7) is 4.65. The molecule has 3 nitrogen and oxygen atoms in total. The predicted octanol–water partition coefficient (Wildman–Crippen LogP) is 5.50. The number of benzene rings is 2. The number of nitrogens with zero attached hydrogens (tertiary/aromatic N) is 1. The summed E-state index contributed by atoms with van der Waals surface area (Å²) in [5.41, 5.74) is 5.15. The SMILES string of the molecule is CCCNC(=O)c1cccc(Cc2cc(Cc3ccc(Cl)cc3F)ccn2)c1C. The van der Waals surface area contributed by atoms with Crippen LogP contribution in [0.2, 0.25) is 5.02 Å². The number of nitrogens with one attached hydrogen (secondary N) is 1. The van der Waals surface area contributed by atoms with Crippen LogP contribution in [0.3, 0.4) is 0 Å².